The molecule has 148 valence electrons. The highest BCUT2D eigenvalue weighted by Crippen LogP contribution is 2.41. The maximum atomic E-state index is 13.0. The van der Waals surface area contributed by atoms with Gasteiger partial charge in [-0.15, -0.1) is 0 Å². The average molecular weight is 398 g/mol. The Morgan fingerprint density at radius 1 is 1.00 bits per heavy atom. The third-order valence-electron chi connectivity index (χ3n) is 4.98. The van der Waals surface area contributed by atoms with Gasteiger partial charge in [-0.2, -0.15) is 13.2 Å². The third-order valence-corrected chi connectivity index (χ3v) is 4.98. The van der Waals surface area contributed by atoms with Crippen molar-refractivity contribution in [1.29, 1.82) is 0 Å². The molecule has 1 amide bonds. The summed E-state index contributed by atoms with van der Waals surface area (Å²) in [6, 6.07) is 16.9. The van der Waals surface area contributed by atoms with E-state index in [-0.39, 0.29) is 12.5 Å². The Balaban J connectivity index is 1.82. The molecule has 1 aliphatic heterocycles. The van der Waals surface area contributed by atoms with Crippen molar-refractivity contribution >= 4 is 5.91 Å². The van der Waals surface area contributed by atoms with Crippen molar-refractivity contribution in [2.45, 2.75) is 18.1 Å². The van der Waals surface area contributed by atoms with Gasteiger partial charge in [0.2, 0.25) is 0 Å². The summed E-state index contributed by atoms with van der Waals surface area (Å²) in [5, 5.41) is 3.02. The Labute approximate surface area is 165 Å². The maximum Gasteiger partial charge on any atom is 0.416 e. The molecule has 29 heavy (non-hydrogen) atoms. The number of nitrogens with one attached hydrogen (secondary N) is 1. The molecule has 1 atom stereocenters. The molecule has 0 saturated heterocycles. The fraction of sp³-hybridized carbons (Fsp3) is 0.182. The Kier molecular flexibility index (Phi) is 4.74. The predicted octanol–water partition coefficient (Wildman–Crippen LogP) is 4.56. The molecule has 0 radical (unpaired) electrons. The number of halogens is 3. The zero-order chi connectivity index (χ0) is 20.5. The number of benzene rings is 2. The first-order valence-electron chi connectivity index (χ1n) is 9.04. The highest BCUT2D eigenvalue weighted by atomic mass is 19.4. The van der Waals surface area contributed by atoms with Gasteiger partial charge in [0.15, 0.2) is 0 Å². The van der Waals surface area contributed by atoms with Crippen LogP contribution in [-0.2, 0) is 11.7 Å². The van der Waals surface area contributed by atoms with Gasteiger partial charge in [-0.05, 0) is 42.0 Å². The van der Waals surface area contributed by atoms with E-state index in [0.29, 0.717) is 29.0 Å². The lowest BCUT2D eigenvalue weighted by Gasteiger charge is -2.39. The first-order valence-corrected chi connectivity index (χ1v) is 9.04. The molecule has 4 nitrogen and oxygen atoms in total. The van der Waals surface area contributed by atoms with E-state index in [1.54, 1.807) is 48.7 Å². The first-order chi connectivity index (χ1) is 13.9. The molecule has 0 aliphatic carbocycles. The molecule has 1 aliphatic rings. The number of rotatable bonds is 3. The molecular formula is C22H17F3N2O2. The van der Waals surface area contributed by atoms with E-state index in [1.807, 2.05) is 0 Å². The van der Waals surface area contributed by atoms with Crippen LogP contribution in [0, 0.1) is 0 Å². The van der Waals surface area contributed by atoms with Crippen LogP contribution in [0.5, 0.6) is 5.75 Å². The van der Waals surface area contributed by atoms with Crippen LogP contribution in [0.2, 0.25) is 0 Å². The molecular weight excluding hydrogens is 381 g/mol. The summed E-state index contributed by atoms with van der Waals surface area (Å²) in [5.74, 6) is 0.149. The van der Waals surface area contributed by atoms with Gasteiger partial charge in [0.1, 0.15) is 17.0 Å². The van der Waals surface area contributed by atoms with Gasteiger partial charge in [-0.1, -0.05) is 30.3 Å². The first kappa shape index (κ1) is 19.0. The standard InChI is InChI=1S/C22H17F3N2O2/c23-22(24,25)17-10-8-16(9-11-17)21(27-20(28)15-5-2-1-3-6-15)12-14-29-18-7-4-13-26-19(18)21/h1-11,13H,12,14H2,(H,27,28)/t21-/m0/s1. The van der Waals surface area contributed by atoms with Gasteiger partial charge in [-0.3, -0.25) is 9.78 Å². The summed E-state index contributed by atoms with van der Waals surface area (Å²) < 4.78 is 44.7. The number of aromatic nitrogens is 1. The van der Waals surface area contributed by atoms with Gasteiger partial charge >= 0.3 is 6.18 Å². The summed E-state index contributed by atoms with van der Waals surface area (Å²) >= 11 is 0. The number of pyridine rings is 1. The predicted molar refractivity (Wildman–Crippen MR) is 100 cm³/mol. The van der Waals surface area contributed by atoms with Crippen molar-refractivity contribution in [2.24, 2.45) is 0 Å². The second-order valence-corrected chi connectivity index (χ2v) is 6.75. The second-order valence-electron chi connectivity index (χ2n) is 6.75. The normalized spacial score (nSPS) is 18.4. The molecule has 7 heteroatoms. The number of amides is 1. The maximum absolute atomic E-state index is 13.0. The number of alkyl halides is 3. The third kappa shape index (κ3) is 3.55. The lowest BCUT2D eigenvalue weighted by molar-refractivity contribution is -0.137. The van der Waals surface area contributed by atoms with E-state index in [4.69, 9.17) is 4.74 Å². The van der Waals surface area contributed by atoms with Crippen LogP contribution >= 0.6 is 0 Å². The van der Waals surface area contributed by atoms with Crippen molar-refractivity contribution in [2.75, 3.05) is 6.61 Å². The molecule has 1 aromatic heterocycles. The lowest BCUT2D eigenvalue weighted by Crippen LogP contribution is -2.50. The zero-order valence-corrected chi connectivity index (χ0v) is 15.2. The minimum absolute atomic E-state index is 0.286. The summed E-state index contributed by atoms with van der Waals surface area (Å²) in [7, 11) is 0. The molecule has 2 heterocycles. The molecule has 2 aromatic carbocycles. The van der Waals surface area contributed by atoms with E-state index >= 15 is 0 Å². The molecule has 4 rings (SSSR count). The Bertz CT molecular complexity index is 1020. The largest absolute Gasteiger partial charge is 0.491 e. The fourth-order valence-electron chi connectivity index (χ4n) is 3.53. The lowest BCUT2D eigenvalue weighted by atomic mass is 9.80. The van der Waals surface area contributed by atoms with Gasteiger partial charge in [0, 0.05) is 18.2 Å². The number of carbonyl (C=O) groups is 1. The molecule has 0 bridgehead atoms. The number of hydrogen-bond donors (Lipinski definition) is 1. The Morgan fingerprint density at radius 3 is 2.41 bits per heavy atom. The van der Waals surface area contributed by atoms with Crippen LogP contribution in [0.4, 0.5) is 13.2 Å². The van der Waals surface area contributed by atoms with Crippen LogP contribution in [0.3, 0.4) is 0 Å². The SMILES string of the molecule is O=C(N[C@]1(c2ccc(C(F)(F)F)cc2)CCOc2cccnc21)c1ccccc1. The van der Waals surface area contributed by atoms with Crippen molar-refractivity contribution in [1.82, 2.24) is 10.3 Å². The average Bonchev–Trinajstić information content (AvgIpc) is 2.74. The quantitative estimate of drug-likeness (QED) is 0.704. The molecule has 1 N–H and O–H groups in total. The Hall–Kier alpha value is -3.35. The van der Waals surface area contributed by atoms with Crippen molar-refractivity contribution in [3.8, 4) is 5.75 Å². The highest BCUT2D eigenvalue weighted by molar-refractivity contribution is 5.95. The van der Waals surface area contributed by atoms with Crippen molar-refractivity contribution in [3.63, 3.8) is 0 Å². The van der Waals surface area contributed by atoms with Crippen molar-refractivity contribution < 1.29 is 22.7 Å². The topological polar surface area (TPSA) is 51.2 Å². The van der Waals surface area contributed by atoms with E-state index in [9.17, 15) is 18.0 Å². The molecule has 3 aromatic rings. The van der Waals surface area contributed by atoms with Crippen LogP contribution in [0.25, 0.3) is 0 Å². The number of hydrogen-bond acceptors (Lipinski definition) is 3. The van der Waals surface area contributed by atoms with Crippen LogP contribution < -0.4 is 10.1 Å². The minimum atomic E-state index is -4.44. The van der Waals surface area contributed by atoms with Gasteiger partial charge in [0.05, 0.1) is 12.2 Å². The number of fused-ring (bicyclic) bond motifs is 1. The molecule has 0 spiro atoms. The van der Waals surface area contributed by atoms with E-state index in [0.717, 1.165) is 12.1 Å². The van der Waals surface area contributed by atoms with Crippen LogP contribution in [0.1, 0.15) is 33.6 Å². The minimum Gasteiger partial charge on any atom is -0.491 e. The smallest absolute Gasteiger partial charge is 0.416 e. The van der Waals surface area contributed by atoms with Gasteiger partial charge in [0.25, 0.3) is 5.91 Å². The summed E-state index contributed by atoms with van der Waals surface area (Å²) in [5.41, 5.74) is -0.429. The fourth-order valence-corrected chi connectivity index (χ4v) is 3.53. The Morgan fingerprint density at radius 2 is 1.72 bits per heavy atom. The second kappa shape index (κ2) is 7.24. The van der Waals surface area contributed by atoms with E-state index < -0.39 is 17.3 Å². The molecule has 0 unspecified atom stereocenters. The van der Waals surface area contributed by atoms with Crippen LogP contribution in [0.15, 0.2) is 72.9 Å². The van der Waals surface area contributed by atoms with Crippen LogP contribution in [-0.4, -0.2) is 17.5 Å². The molecule has 0 fully saturated rings. The van der Waals surface area contributed by atoms with E-state index in [2.05, 4.69) is 10.3 Å². The zero-order valence-electron chi connectivity index (χ0n) is 15.2. The summed E-state index contributed by atoms with van der Waals surface area (Å²) in [4.78, 5) is 17.4. The number of ether oxygens (including phenoxy) is 1. The van der Waals surface area contributed by atoms with Gasteiger partial charge < -0.3 is 10.1 Å². The molecule has 0 saturated carbocycles. The number of carbonyl (C=O) groups excluding carboxylic acids is 1. The highest BCUT2D eigenvalue weighted by Gasteiger charge is 2.43. The summed E-state index contributed by atoms with van der Waals surface area (Å²) in [6.07, 6.45) is -2.53. The van der Waals surface area contributed by atoms with E-state index in [1.165, 1.54) is 12.1 Å². The van der Waals surface area contributed by atoms with Gasteiger partial charge in [-0.25, -0.2) is 0 Å². The monoisotopic (exact) mass is 398 g/mol. The number of nitrogens with zero attached hydrogens (tertiary/aromatic N) is 1. The van der Waals surface area contributed by atoms with Crippen molar-refractivity contribution in [3.05, 3.63) is 95.3 Å². The summed E-state index contributed by atoms with van der Waals surface area (Å²) in [6.45, 7) is 0.286.